The largest absolute Gasteiger partial charge is 0.242 e. The van der Waals surface area contributed by atoms with Crippen LogP contribution in [0.1, 0.15) is 64.7 Å². The lowest BCUT2D eigenvalue weighted by atomic mass is 10.1. The lowest BCUT2D eigenvalue weighted by Crippen LogP contribution is -1.79. The fourth-order valence-corrected chi connectivity index (χ4v) is 1.42. The van der Waals surface area contributed by atoms with E-state index < -0.39 is 0 Å². The molecule has 0 rings (SSSR count). The third-order valence-electron chi connectivity index (χ3n) is 2.26. The molecule has 0 atom stereocenters. The zero-order valence-electron chi connectivity index (χ0n) is 10.1. The topological polar surface area (TPSA) is 47.7 Å². The minimum atomic E-state index is 1.20. The van der Waals surface area contributed by atoms with E-state index in [9.17, 15) is 0 Å². The van der Waals surface area contributed by atoms with Gasteiger partial charge in [-0.05, 0) is 12.8 Å². The molecule has 0 saturated heterocycles. The van der Waals surface area contributed by atoms with E-state index in [1.54, 1.807) is 0 Å². The maximum atomic E-state index is 5.62. The monoisotopic (exact) mass is 210 g/mol. The predicted octanol–water partition coefficient (Wildman–Crippen LogP) is 5.02. The maximum absolute atomic E-state index is 5.62. The Labute approximate surface area is 94.8 Å². The Kier molecular flexibility index (Phi) is 20.8. The molecule has 0 heterocycles. The summed E-state index contributed by atoms with van der Waals surface area (Å²) in [7, 11) is 0. The molecule has 0 aromatic heterocycles. The summed E-state index contributed by atoms with van der Waals surface area (Å²) in [5.41, 5.74) is 0. The van der Waals surface area contributed by atoms with Crippen LogP contribution in [0.5, 0.6) is 0 Å². The molecule has 15 heavy (non-hydrogen) atoms. The first-order valence-corrected chi connectivity index (χ1v) is 6.02. The molecule has 88 valence electrons. The van der Waals surface area contributed by atoms with E-state index in [-0.39, 0.29) is 0 Å². The first kappa shape index (κ1) is 16.5. The number of rotatable bonds is 9. The highest BCUT2D eigenvalue weighted by Gasteiger charge is 1.89. The Bertz CT molecular complexity index is 147. The second-order valence-corrected chi connectivity index (χ2v) is 3.68. The van der Waals surface area contributed by atoms with Crippen LogP contribution in [0.3, 0.4) is 0 Å². The average molecular weight is 210 g/mol. The zero-order valence-corrected chi connectivity index (χ0v) is 10.1. The van der Waals surface area contributed by atoms with Crippen LogP contribution < -0.4 is 0 Å². The van der Waals surface area contributed by atoms with E-state index in [4.69, 9.17) is 10.8 Å². The van der Waals surface area contributed by atoms with Crippen LogP contribution in [-0.4, -0.2) is 6.01 Å². The summed E-state index contributed by atoms with van der Waals surface area (Å²) < 4.78 is 0. The van der Waals surface area contributed by atoms with Crippen molar-refractivity contribution in [2.24, 2.45) is 0 Å². The van der Waals surface area contributed by atoms with Gasteiger partial charge in [-0.15, -0.1) is 6.58 Å². The van der Waals surface area contributed by atoms with Gasteiger partial charge in [0.1, 0.15) is 0 Å². The Hall–Kier alpha value is -0.880. The molecule has 0 amide bonds. The van der Waals surface area contributed by atoms with Crippen molar-refractivity contribution in [2.45, 2.75) is 64.7 Å². The van der Waals surface area contributed by atoms with Gasteiger partial charge in [0, 0.05) is 0 Å². The number of hydrogen-bond donors (Lipinski definition) is 2. The van der Waals surface area contributed by atoms with Crippen LogP contribution in [0.2, 0.25) is 0 Å². The highest BCUT2D eigenvalue weighted by molar-refractivity contribution is 5.29. The average Bonchev–Trinajstić information content (AvgIpc) is 2.23. The molecule has 0 aromatic rings. The van der Waals surface area contributed by atoms with Gasteiger partial charge in [-0.2, -0.15) is 0 Å². The van der Waals surface area contributed by atoms with Gasteiger partial charge < -0.3 is 0 Å². The van der Waals surface area contributed by atoms with Crippen LogP contribution in [0.25, 0.3) is 0 Å². The molecule has 0 saturated carbocycles. The summed E-state index contributed by atoms with van der Waals surface area (Å²) in [6.45, 7) is 5.99. The molecular formula is C13H26N2. The third-order valence-corrected chi connectivity index (χ3v) is 2.26. The van der Waals surface area contributed by atoms with E-state index in [1.807, 2.05) is 6.08 Å². The van der Waals surface area contributed by atoms with Crippen molar-refractivity contribution in [1.82, 2.24) is 0 Å². The van der Waals surface area contributed by atoms with E-state index in [1.165, 1.54) is 63.8 Å². The molecule has 2 heteroatoms. The summed E-state index contributed by atoms with van der Waals surface area (Å²) in [5, 5.41) is 11.2. The van der Waals surface area contributed by atoms with Crippen LogP contribution in [-0.2, 0) is 0 Å². The Morgan fingerprint density at radius 3 is 1.73 bits per heavy atom. The second-order valence-electron chi connectivity index (χ2n) is 3.68. The summed E-state index contributed by atoms with van der Waals surface area (Å²) >= 11 is 0. The molecule has 0 aliphatic heterocycles. The molecule has 2 nitrogen and oxygen atoms in total. The second kappa shape index (κ2) is 18.8. The van der Waals surface area contributed by atoms with Gasteiger partial charge in [0.15, 0.2) is 0 Å². The van der Waals surface area contributed by atoms with E-state index in [2.05, 4.69) is 13.5 Å². The van der Waals surface area contributed by atoms with Crippen LogP contribution in [0, 0.1) is 10.8 Å². The lowest BCUT2D eigenvalue weighted by Gasteiger charge is -1.99. The van der Waals surface area contributed by atoms with Crippen molar-refractivity contribution in [3.05, 3.63) is 12.7 Å². The fourth-order valence-electron chi connectivity index (χ4n) is 1.42. The Morgan fingerprint density at radius 1 is 0.933 bits per heavy atom. The summed E-state index contributed by atoms with van der Waals surface area (Å²) in [4.78, 5) is 0. The van der Waals surface area contributed by atoms with Gasteiger partial charge in [-0.25, -0.2) is 10.8 Å². The molecule has 0 aromatic carbocycles. The molecule has 0 radical (unpaired) electrons. The molecule has 0 spiro atoms. The summed E-state index contributed by atoms with van der Waals surface area (Å²) in [6, 6.07) is 1.25. The SMILES string of the molecule is C=CCCCCCCCCCC.N=C=N. The highest BCUT2D eigenvalue weighted by atomic mass is 14.4. The lowest BCUT2D eigenvalue weighted by molar-refractivity contribution is 0.578. The highest BCUT2D eigenvalue weighted by Crippen LogP contribution is 2.09. The Morgan fingerprint density at radius 2 is 1.33 bits per heavy atom. The molecular weight excluding hydrogens is 184 g/mol. The van der Waals surface area contributed by atoms with Crippen molar-refractivity contribution < 1.29 is 0 Å². The van der Waals surface area contributed by atoms with E-state index in [0.29, 0.717) is 0 Å². The molecule has 0 fully saturated rings. The number of unbranched alkanes of at least 4 members (excludes halogenated alkanes) is 8. The summed E-state index contributed by atoms with van der Waals surface area (Å²) in [6.07, 6.45) is 14.5. The van der Waals surface area contributed by atoms with Gasteiger partial charge in [-0.1, -0.05) is 57.9 Å². The maximum Gasteiger partial charge on any atom is 0.0831 e. The minimum Gasteiger partial charge on any atom is -0.242 e. The van der Waals surface area contributed by atoms with Gasteiger partial charge in [-0.3, -0.25) is 0 Å². The molecule has 0 aliphatic carbocycles. The van der Waals surface area contributed by atoms with Gasteiger partial charge in [0.05, 0.1) is 6.01 Å². The fraction of sp³-hybridized carbons (Fsp3) is 0.769. The van der Waals surface area contributed by atoms with Crippen molar-refractivity contribution in [3.63, 3.8) is 0 Å². The van der Waals surface area contributed by atoms with Crippen LogP contribution >= 0.6 is 0 Å². The molecule has 0 unspecified atom stereocenters. The van der Waals surface area contributed by atoms with E-state index in [0.717, 1.165) is 0 Å². The first-order valence-electron chi connectivity index (χ1n) is 6.02. The van der Waals surface area contributed by atoms with Gasteiger partial charge >= 0.3 is 0 Å². The van der Waals surface area contributed by atoms with E-state index >= 15 is 0 Å². The van der Waals surface area contributed by atoms with Crippen molar-refractivity contribution in [3.8, 4) is 0 Å². The molecule has 2 N–H and O–H groups in total. The zero-order chi connectivity index (χ0) is 11.8. The predicted molar refractivity (Wildman–Crippen MR) is 67.9 cm³/mol. The molecule has 0 aliphatic rings. The van der Waals surface area contributed by atoms with Crippen LogP contribution in [0.4, 0.5) is 0 Å². The minimum absolute atomic E-state index is 1.20. The third kappa shape index (κ3) is 24.6. The standard InChI is InChI=1S/C12H24.CH2N2/c1-3-5-7-9-11-12-10-8-6-4-2;2-1-3/h3H,1,4-12H2,2H3;2-3H. The van der Waals surface area contributed by atoms with Crippen molar-refractivity contribution in [1.29, 1.82) is 10.8 Å². The molecule has 0 bridgehead atoms. The van der Waals surface area contributed by atoms with Gasteiger partial charge in [0.25, 0.3) is 0 Å². The van der Waals surface area contributed by atoms with Gasteiger partial charge in [0.2, 0.25) is 0 Å². The first-order chi connectivity index (χ1) is 7.33. The quantitative estimate of drug-likeness (QED) is 0.305. The van der Waals surface area contributed by atoms with Crippen LogP contribution in [0.15, 0.2) is 12.7 Å². The normalized spacial score (nSPS) is 8.60. The van der Waals surface area contributed by atoms with Crippen molar-refractivity contribution in [2.75, 3.05) is 0 Å². The number of nitrogens with one attached hydrogen (secondary N) is 2. The number of allylic oxidation sites excluding steroid dienone is 1. The Balaban J connectivity index is 0. The smallest absolute Gasteiger partial charge is 0.0831 e. The van der Waals surface area contributed by atoms with Crippen molar-refractivity contribution >= 4 is 6.01 Å². The summed E-state index contributed by atoms with van der Waals surface area (Å²) in [5.74, 6) is 0. The number of hydrogen-bond acceptors (Lipinski definition) is 2.